The van der Waals surface area contributed by atoms with Crippen LogP contribution in [0.2, 0.25) is 0 Å². The molecular weight excluding hydrogens is 282 g/mol. The van der Waals surface area contributed by atoms with Crippen molar-refractivity contribution in [1.29, 1.82) is 5.26 Å². The van der Waals surface area contributed by atoms with Gasteiger partial charge in [0, 0.05) is 15.8 Å². The van der Waals surface area contributed by atoms with Crippen LogP contribution < -0.4 is 4.74 Å². The Morgan fingerprint density at radius 3 is 2.52 bits per heavy atom. The first-order chi connectivity index (χ1) is 10.1. The molecule has 2 rings (SSSR count). The predicted octanol–water partition coefficient (Wildman–Crippen LogP) is 3.16. The van der Waals surface area contributed by atoms with Crippen molar-refractivity contribution in [2.75, 3.05) is 6.61 Å². The Labute approximate surface area is 128 Å². The number of nitrogens with zero attached hydrogens (tertiary/aromatic N) is 1. The van der Waals surface area contributed by atoms with Crippen LogP contribution in [0.5, 0.6) is 5.75 Å². The Morgan fingerprint density at radius 1 is 1.19 bits per heavy atom. The minimum absolute atomic E-state index is 0.134. The van der Waals surface area contributed by atoms with Gasteiger partial charge in [-0.15, -0.1) is 11.3 Å². The standard InChI is InChI=1S/C17H15NO2S/c1-12-6-15(9-18)7-13(2)17(12)20-10-16-8-14(11-21-16)4-3-5-19/h6-8,11,19H,5,10H2,1-2H3. The largest absolute Gasteiger partial charge is 0.488 e. The van der Waals surface area contributed by atoms with Crippen molar-refractivity contribution in [1.82, 2.24) is 0 Å². The van der Waals surface area contributed by atoms with Crippen LogP contribution in [0.3, 0.4) is 0 Å². The average Bonchev–Trinajstić information content (AvgIpc) is 2.91. The van der Waals surface area contributed by atoms with Gasteiger partial charge in [-0.2, -0.15) is 5.26 Å². The Hall–Kier alpha value is -2.27. The van der Waals surface area contributed by atoms with Gasteiger partial charge in [-0.3, -0.25) is 0 Å². The van der Waals surface area contributed by atoms with Crippen molar-refractivity contribution in [3.63, 3.8) is 0 Å². The molecule has 0 amide bonds. The molecule has 0 radical (unpaired) electrons. The number of aryl methyl sites for hydroxylation is 2. The summed E-state index contributed by atoms with van der Waals surface area (Å²) >= 11 is 1.58. The van der Waals surface area contributed by atoms with Gasteiger partial charge >= 0.3 is 0 Å². The van der Waals surface area contributed by atoms with E-state index in [9.17, 15) is 0 Å². The van der Waals surface area contributed by atoms with Gasteiger partial charge in [-0.05, 0) is 43.2 Å². The summed E-state index contributed by atoms with van der Waals surface area (Å²) in [6.45, 7) is 4.22. The third kappa shape index (κ3) is 3.86. The molecule has 0 saturated carbocycles. The summed E-state index contributed by atoms with van der Waals surface area (Å²) in [7, 11) is 0. The van der Waals surface area contributed by atoms with E-state index in [1.54, 1.807) is 11.3 Å². The second-order valence-electron chi connectivity index (χ2n) is 4.60. The molecule has 0 aliphatic carbocycles. The van der Waals surface area contributed by atoms with Crippen LogP contribution in [0, 0.1) is 37.0 Å². The van der Waals surface area contributed by atoms with Gasteiger partial charge < -0.3 is 9.84 Å². The van der Waals surface area contributed by atoms with Crippen molar-refractivity contribution in [2.24, 2.45) is 0 Å². The van der Waals surface area contributed by atoms with Gasteiger partial charge in [-0.25, -0.2) is 0 Å². The van der Waals surface area contributed by atoms with E-state index in [0.717, 1.165) is 27.3 Å². The highest BCUT2D eigenvalue weighted by atomic mass is 32.1. The fourth-order valence-electron chi connectivity index (χ4n) is 2.05. The maximum Gasteiger partial charge on any atom is 0.125 e. The number of nitriles is 1. The fourth-order valence-corrected chi connectivity index (χ4v) is 2.78. The lowest BCUT2D eigenvalue weighted by molar-refractivity contribution is 0.305. The summed E-state index contributed by atoms with van der Waals surface area (Å²) < 4.78 is 5.87. The van der Waals surface area contributed by atoms with E-state index in [4.69, 9.17) is 15.1 Å². The molecule has 1 aromatic heterocycles. The third-order valence-electron chi connectivity index (χ3n) is 2.91. The number of aliphatic hydroxyl groups is 1. The number of hydrogen-bond donors (Lipinski definition) is 1. The van der Waals surface area contributed by atoms with Gasteiger partial charge in [0.25, 0.3) is 0 Å². The Bertz CT molecular complexity index is 721. The Balaban J connectivity index is 2.10. The highest BCUT2D eigenvalue weighted by Gasteiger charge is 2.07. The van der Waals surface area contributed by atoms with Crippen molar-refractivity contribution in [3.05, 3.63) is 50.7 Å². The number of benzene rings is 1. The maximum absolute atomic E-state index is 8.94. The number of thiophene rings is 1. The van der Waals surface area contributed by atoms with E-state index in [2.05, 4.69) is 17.9 Å². The highest BCUT2D eigenvalue weighted by Crippen LogP contribution is 2.26. The Morgan fingerprint density at radius 2 is 1.90 bits per heavy atom. The number of hydrogen-bond acceptors (Lipinski definition) is 4. The Kier molecular flexibility index (Phi) is 5.00. The van der Waals surface area contributed by atoms with Crippen LogP contribution in [0.1, 0.15) is 27.1 Å². The molecule has 0 unspecified atom stereocenters. The first kappa shape index (κ1) is 15.1. The summed E-state index contributed by atoms with van der Waals surface area (Å²) in [4.78, 5) is 1.07. The molecule has 4 heteroatoms. The molecule has 0 atom stereocenters. The summed E-state index contributed by atoms with van der Waals surface area (Å²) in [5, 5.41) is 19.6. The van der Waals surface area contributed by atoms with Gasteiger partial charge in [0.2, 0.25) is 0 Å². The molecule has 0 fully saturated rings. The van der Waals surface area contributed by atoms with Crippen molar-refractivity contribution >= 4 is 11.3 Å². The summed E-state index contributed by atoms with van der Waals surface area (Å²) in [6, 6.07) is 7.76. The first-order valence-corrected chi connectivity index (χ1v) is 7.33. The van der Waals surface area contributed by atoms with E-state index in [-0.39, 0.29) is 6.61 Å². The minimum Gasteiger partial charge on any atom is -0.488 e. The first-order valence-electron chi connectivity index (χ1n) is 6.45. The molecular formula is C17H15NO2S. The predicted molar refractivity (Wildman–Crippen MR) is 83.2 cm³/mol. The van der Waals surface area contributed by atoms with Crippen LogP contribution in [-0.4, -0.2) is 11.7 Å². The topological polar surface area (TPSA) is 53.2 Å². The lowest BCUT2D eigenvalue weighted by Gasteiger charge is -2.11. The number of ether oxygens (including phenoxy) is 1. The number of rotatable bonds is 3. The highest BCUT2D eigenvalue weighted by molar-refractivity contribution is 7.10. The lowest BCUT2D eigenvalue weighted by Crippen LogP contribution is -1.98. The van der Waals surface area contributed by atoms with Gasteiger partial charge in [0.1, 0.15) is 19.0 Å². The fraction of sp³-hybridized carbons (Fsp3) is 0.235. The van der Waals surface area contributed by atoms with Crippen LogP contribution in [-0.2, 0) is 6.61 Å². The molecule has 1 aromatic carbocycles. The molecule has 0 aliphatic rings. The minimum atomic E-state index is -0.134. The SMILES string of the molecule is Cc1cc(C#N)cc(C)c1OCc1cc(C#CCO)cs1. The van der Waals surface area contributed by atoms with Crippen molar-refractivity contribution < 1.29 is 9.84 Å². The molecule has 0 spiro atoms. The molecule has 0 aliphatic heterocycles. The molecule has 2 aromatic rings. The van der Waals surface area contributed by atoms with Crippen LogP contribution >= 0.6 is 11.3 Å². The second-order valence-corrected chi connectivity index (χ2v) is 5.60. The molecule has 1 heterocycles. The molecule has 0 bridgehead atoms. The normalized spacial score (nSPS) is 9.62. The molecule has 21 heavy (non-hydrogen) atoms. The van der Waals surface area contributed by atoms with E-state index in [0.29, 0.717) is 12.2 Å². The summed E-state index contributed by atoms with van der Waals surface area (Å²) in [6.07, 6.45) is 0. The summed E-state index contributed by atoms with van der Waals surface area (Å²) in [5.74, 6) is 6.32. The van der Waals surface area contributed by atoms with Crippen LogP contribution in [0.15, 0.2) is 23.6 Å². The summed E-state index contributed by atoms with van der Waals surface area (Å²) in [5.41, 5.74) is 3.46. The zero-order chi connectivity index (χ0) is 15.2. The molecule has 0 saturated heterocycles. The van der Waals surface area contributed by atoms with E-state index < -0.39 is 0 Å². The zero-order valence-corrected chi connectivity index (χ0v) is 12.8. The van der Waals surface area contributed by atoms with E-state index in [1.807, 2.05) is 37.4 Å². The quantitative estimate of drug-likeness (QED) is 0.885. The maximum atomic E-state index is 8.94. The molecule has 106 valence electrons. The van der Waals surface area contributed by atoms with E-state index >= 15 is 0 Å². The zero-order valence-electron chi connectivity index (χ0n) is 11.9. The monoisotopic (exact) mass is 297 g/mol. The lowest BCUT2D eigenvalue weighted by atomic mass is 10.1. The van der Waals surface area contributed by atoms with Gasteiger partial charge in [0.05, 0.1) is 11.6 Å². The van der Waals surface area contributed by atoms with Crippen LogP contribution in [0.25, 0.3) is 0 Å². The molecule has 1 N–H and O–H groups in total. The average molecular weight is 297 g/mol. The second kappa shape index (κ2) is 6.95. The van der Waals surface area contributed by atoms with Crippen LogP contribution in [0.4, 0.5) is 0 Å². The smallest absolute Gasteiger partial charge is 0.125 e. The van der Waals surface area contributed by atoms with Crippen molar-refractivity contribution in [3.8, 4) is 23.7 Å². The number of aliphatic hydroxyl groups excluding tert-OH is 1. The van der Waals surface area contributed by atoms with Gasteiger partial charge in [0.15, 0.2) is 0 Å². The van der Waals surface area contributed by atoms with E-state index in [1.165, 1.54) is 0 Å². The third-order valence-corrected chi connectivity index (χ3v) is 3.82. The van der Waals surface area contributed by atoms with Crippen molar-refractivity contribution in [2.45, 2.75) is 20.5 Å². The molecule has 3 nitrogen and oxygen atoms in total. The van der Waals surface area contributed by atoms with Gasteiger partial charge in [-0.1, -0.05) is 11.8 Å².